The van der Waals surface area contributed by atoms with Gasteiger partial charge in [0.05, 0.1) is 0 Å². The van der Waals surface area contributed by atoms with E-state index in [1.807, 2.05) is 0 Å². The smallest absolute Gasteiger partial charge is 0.0394 e. The van der Waals surface area contributed by atoms with Crippen molar-refractivity contribution in [1.29, 1.82) is 0 Å². The van der Waals surface area contributed by atoms with Crippen LogP contribution in [0.25, 0.3) is 0 Å². The molecule has 1 heterocycles. The van der Waals surface area contributed by atoms with Gasteiger partial charge in [-0.2, -0.15) is 0 Å². The Balaban J connectivity index is 2.14. The maximum Gasteiger partial charge on any atom is 0.0394 e. The molecule has 94 valence electrons. The van der Waals surface area contributed by atoms with Crippen LogP contribution in [0.4, 0.5) is 5.69 Å². The first-order valence-corrected chi connectivity index (χ1v) is 6.67. The van der Waals surface area contributed by atoms with Crippen LogP contribution in [0.1, 0.15) is 30.4 Å². The molecular formula is C15H24N2. The highest BCUT2D eigenvalue weighted by Crippen LogP contribution is 2.23. The third-order valence-electron chi connectivity index (χ3n) is 3.60. The molecule has 2 rings (SSSR count). The van der Waals surface area contributed by atoms with Crippen LogP contribution in [0, 0.1) is 6.92 Å². The lowest BCUT2D eigenvalue weighted by atomic mass is 9.95. The van der Waals surface area contributed by atoms with Crippen molar-refractivity contribution in [3.8, 4) is 0 Å². The summed E-state index contributed by atoms with van der Waals surface area (Å²) in [5.74, 6) is 0. The molecule has 0 saturated carbocycles. The van der Waals surface area contributed by atoms with Crippen LogP contribution in [-0.4, -0.2) is 26.7 Å². The molecular weight excluding hydrogens is 208 g/mol. The van der Waals surface area contributed by atoms with Crippen LogP contribution in [0.2, 0.25) is 0 Å². The molecule has 0 aromatic heterocycles. The van der Waals surface area contributed by atoms with Gasteiger partial charge in [-0.15, -0.1) is 0 Å². The minimum atomic E-state index is 0.671. The molecule has 1 saturated heterocycles. The first-order chi connectivity index (χ1) is 8.16. The van der Waals surface area contributed by atoms with E-state index < -0.39 is 0 Å². The molecule has 0 amide bonds. The van der Waals surface area contributed by atoms with Crippen LogP contribution in [-0.2, 0) is 6.42 Å². The molecule has 17 heavy (non-hydrogen) atoms. The summed E-state index contributed by atoms with van der Waals surface area (Å²) in [6, 6.07) is 7.45. The molecule has 1 aromatic rings. The van der Waals surface area contributed by atoms with Gasteiger partial charge in [0, 0.05) is 25.8 Å². The summed E-state index contributed by atoms with van der Waals surface area (Å²) in [6.45, 7) is 3.37. The second-order valence-electron chi connectivity index (χ2n) is 5.38. The largest absolute Gasteiger partial charge is 0.377 e. The summed E-state index contributed by atoms with van der Waals surface area (Å²) < 4.78 is 0. The van der Waals surface area contributed by atoms with Gasteiger partial charge in [0.15, 0.2) is 0 Å². The van der Waals surface area contributed by atoms with Gasteiger partial charge >= 0.3 is 0 Å². The molecule has 2 heteroatoms. The molecule has 1 fully saturated rings. The Hall–Kier alpha value is -1.02. The zero-order chi connectivity index (χ0) is 12.3. The van der Waals surface area contributed by atoms with Gasteiger partial charge in [-0.05, 0) is 44.4 Å². The van der Waals surface area contributed by atoms with Crippen LogP contribution in [0.5, 0.6) is 0 Å². The van der Waals surface area contributed by atoms with Crippen molar-refractivity contribution in [2.45, 2.75) is 38.6 Å². The minimum Gasteiger partial charge on any atom is -0.377 e. The highest BCUT2D eigenvalue weighted by atomic mass is 15.1. The van der Waals surface area contributed by atoms with E-state index in [-0.39, 0.29) is 0 Å². The summed E-state index contributed by atoms with van der Waals surface area (Å²) >= 11 is 0. The van der Waals surface area contributed by atoms with Gasteiger partial charge in [-0.1, -0.05) is 24.1 Å². The van der Waals surface area contributed by atoms with Crippen molar-refractivity contribution in [2.24, 2.45) is 0 Å². The first kappa shape index (κ1) is 12.4. The standard InChI is InChI=1S/C15H24N2/c1-12-7-8-15(17(2)3)13(10-12)11-14-6-4-5-9-16-14/h7-8,10,14,16H,4-6,9,11H2,1-3H3. The fourth-order valence-electron chi connectivity index (χ4n) is 2.68. The number of rotatable bonds is 3. The van der Waals surface area contributed by atoms with Crippen LogP contribution in [0.3, 0.4) is 0 Å². The van der Waals surface area contributed by atoms with Crippen molar-refractivity contribution in [2.75, 3.05) is 25.5 Å². The summed E-state index contributed by atoms with van der Waals surface area (Å²) in [4.78, 5) is 2.22. The van der Waals surface area contributed by atoms with E-state index in [1.165, 1.54) is 42.6 Å². The monoisotopic (exact) mass is 232 g/mol. The van der Waals surface area contributed by atoms with Gasteiger partial charge in [0.25, 0.3) is 0 Å². The lowest BCUT2D eigenvalue weighted by Crippen LogP contribution is -2.35. The first-order valence-electron chi connectivity index (χ1n) is 6.67. The van der Waals surface area contributed by atoms with Gasteiger partial charge < -0.3 is 10.2 Å². The average Bonchev–Trinajstić information content (AvgIpc) is 2.30. The van der Waals surface area contributed by atoms with E-state index in [0.29, 0.717) is 6.04 Å². The quantitative estimate of drug-likeness (QED) is 0.862. The fraction of sp³-hybridized carbons (Fsp3) is 0.600. The Morgan fingerprint density at radius 3 is 2.76 bits per heavy atom. The maximum atomic E-state index is 3.63. The number of piperidine rings is 1. The summed E-state index contributed by atoms with van der Waals surface area (Å²) in [7, 11) is 4.25. The van der Waals surface area contributed by atoms with E-state index >= 15 is 0 Å². The van der Waals surface area contributed by atoms with Crippen molar-refractivity contribution >= 4 is 5.69 Å². The molecule has 1 aliphatic rings. The fourth-order valence-corrected chi connectivity index (χ4v) is 2.68. The summed E-state index contributed by atoms with van der Waals surface area (Å²) in [5.41, 5.74) is 4.21. The highest BCUT2D eigenvalue weighted by molar-refractivity contribution is 5.54. The second-order valence-corrected chi connectivity index (χ2v) is 5.38. The summed E-state index contributed by atoms with van der Waals surface area (Å²) in [5, 5.41) is 3.63. The second kappa shape index (κ2) is 5.54. The average molecular weight is 232 g/mol. The third-order valence-corrected chi connectivity index (χ3v) is 3.60. The molecule has 1 N–H and O–H groups in total. The molecule has 0 spiro atoms. The predicted molar refractivity (Wildman–Crippen MR) is 74.9 cm³/mol. The number of aryl methyl sites for hydroxylation is 1. The molecule has 0 radical (unpaired) electrons. The Morgan fingerprint density at radius 1 is 1.29 bits per heavy atom. The Kier molecular flexibility index (Phi) is 4.06. The lowest BCUT2D eigenvalue weighted by Gasteiger charge is -2.26. The van der Waals surface area contributed by atoms with Crippen molar-refractivity contribution in [3.05, 3.63) is 29.3 Å². The van der Waals surface area contributed by atoms with Crippen LogP contribution >= 0.6 is 0 Å². The van der Waals surface area contributed by atoms with E-state index in [9.17, 15) is 0 Å². The molecule has 1 atom stereocenters. The van der Waals surface area contributed by atoms with E-state index in [0.717, 1.165) is 6.42 Å². The number of hydrogen-bond donors (Lipinski definition) is 1. The van der Waals surface area contributed by atoms with Crippen molar-refractivity contribution in [1.82, 2.24) is 5.32 Å². The van der Waals surface area contributed by atoms with E-state index in [4.69, 9.17) is 0 Å². The van der Waals surface area contributed by atoms with Crippen molar-refractivity contribution in [3.63, 3.8) is 0 Å². The van der Waals surface area contributed by atoms with Gasteiger partial charge in [-0.25, -0.2) is 0 Å². The van der Waals surface area contributed by atoms with Gasteiger partial charge in [0.2, 0.25) is 0 Å². The Bertz CT molecular complexity index is 365. The van der Waals surface area contributed by atoms with Crippen LogP contribution in [0.15, 0.2) is 18.2 Å². The minimum absolute atomic E-state index is 0.671. The molecule has 2 nitrogen and oxygen atoms in total. The zero-order valence-electron chi connectivity index (χ0n) is 11.3. The third kappa shape index (κ3) is 3.22. The molecule has 1 aromatic carbocycles. The Labute approximate surface area is 105 Å². The van der Waals surface area contributed by atoms with E-state index in [2.05, 4.69) is 49.4 Å². The SMILES string of the molecule is Cc1ccc(N(C)C)c(CC2CCCCN2)c1. The Morgan fingerprint density at radius 2 is 2.12 bits per heavy atom. The number of nitrogens with one attached hydrogen (secondary N) is 1. The topological polar surface area (TPSA) is 15.3 Å². The zero-order valence-corrected chi connectivity index (χ0v) is 11.3. The number of hydrogen-bond acceptors (Lipinski definition) is 2. The number of benzene rings is 1. The van der Waals surface area contributed by atoms with Crippen molar-refractivity contribution < 1.29 is 0 Å². The molecule has 0 bridgehead atoms. The number of anilines is 1. The van der Waals surface area contributed by atoms with E-state index in [1.54, 1.807) is 0 Å². The lowest BCUT2D eigenvalue weighted by molar-refractivity contribution is 0.399. The highest BCUT2D eigenvalue weighted by Gasteiger charge is 2.15. The molecule has 1 unspecified atom stereocenters. The molecule has 1 aliphatic heterocycles. The van der Waals surface area contributed by atoms with Crippen LogP contribution < -0.4 is 10.2 Å². The normalized spacial score (nSPS) is 20.3. The summed E-state index contributed by atoms with van der Waals surface area (Å²) in [6.07, 6.45) is 5.20. The number of nitrogens with zero attached hydrogens (tertiary/aromatic N) is 1. The predicted octanol–water partition coefficient (Wildman–Crippen LogP) is 2.75. The van der Waals surface area contributed by atoms with Gasteiger partial charge in [0.1, 0.15) is 0 Å². The maximum absolute atomic E-state index is 3.63. The molecule has 0 aliphatic carbocycles. The van der Waals surface area contributed by atoms with Gasteiger partial charge in [-0.3, -0.25) is 0 Å².